The van der Waals surface area contributed by atoms with Crippen molar-refractivity contribution in [2.75, 3.05) is 31.1 Å². The van der Waals surface area contributed by atoms with Gasteiger partial charge in [-0.05, 0) is 25.8 Å². The predicted octanol–water partition coefficient (Wildman–Crippen LogP) is 2.67. The minimum absolute atomic E-state index is 0.0224. The molecule has 0 aliphatic carbocycles. The molecule has 1 aliphatic heterocycles. The van der Waals surface area contributed by atoms with Crippen LogP contribution in [0.2, 0.25) is 0 Å². The number of aromatic nitrogens is 2. The van der Waals surface area contributed by atoms with E-state index in [0.717, 1.165) is 17.0 Å². The summed E-state index contributed by atoms with van der Waals surface area (Å²) in [6, 6.07) is -0.788. The maximum absolute atomic E-state index is 12.5. The van der Waals surface area contributed by atoms with Crippen molar-refractivity contribution in [2.24, 2.45) is 0 Å². The van der Waals surface area contributed by atoms with Crippen LogP contribution in [0.4, 0.5) is 18.3 Å². The van der Waals surface area contributed by atoms with E-state index in [2.05, 4.69) is 15.3 Å². The number of Topliss-reactive ketones (excluding diaryl/α,β-unsaturated/α-hetero) is 1. The van der Waals surface area contributed by atoms with Crippen LogP contribution in [-0.2, 0) is 11.2 Å². The third-order valence-corrected chi connectivity index (χ3v) is 5.88. The quantitative estimate of drug-likeness (QED) is 0.598. The lowest BCUT2D eigenvalue weighted by molar-refractivity contribution is -0.139. The first-order valence-electron chi connectivity index (χ1n) is 9.62. The Morgan fingerprint density at radius 2 is 2.13 bits per heavy atom. The number of amides is 1. The van der Waals surface area contributed by atoms with Gasteiger partial charge in [-0.25, -0.2) is 4.98 Å². The van der Waals surface area contributed by atoms with Crippen LogP contribution in [0.1, 0.15) is 35.5 Å². The number of carbonyl (C=O) groups excluding carboxylic acids is 2. The lowest BCUT2D eigenvalue weighted by Crippen LogP contribution is -2.58. The Kier molecular flexibility index (Phi) is 6.51. The van der Waals surface area contributed by atoms with E-state index >= 15 is 0 Å². The molecule has 3 rings (SSSR count). The Hall–Kier alpha value is -2.40. The number of carbonyl (C=O) groups is 2. The van der Waals surface area contributed by atoms with E-state index in [0.29, 0.717) is 35.9 Å². The fourth-order valence-corrected chi connectivity index (χ4v) is 4.60. The van der Waals surface area contributed by atoms with Crippen molar-refractivity contribution < 1.29 is 22.8 Å². The Morgan fingerprint density at radius 3 is 2.77 bits per heavy atom. The number of hydrogen-bond donors (Lipinski definition) is 3. The van der Waals surface area contributed by atoms with Gasteiger partial charge in [0.15, 0.2) is 10.9 Å². The SMILES string of the molecule is CCc1c(-c2csc(N3CCNCC3C(=O)NCC(F)(F)F)n2)[nH]c(C)c1C(C)=O. The van der Waals surface area contributed by atoms with Crippen molar-refractivity contribution in [2.45, 2.75) is 39.4 Å². The molecule has 1 saturated heterocycles. The van der Waals surface area contributed by atoms with Crippen LogP contribution in [0.25, 0.3) is 11.4 Å². The maximum Gasteiger partial charge on any atom is 0.405 e. The average molecular weight is 443 g/mol. The van der Waals surface area contributed by atoms with Gasteiger partial charge in [0.25, 0.3) is 0 Å². The number of thiazole rings is 1. The second-order valence-corrected chi connectivity index (χ2v) is 7.99. The molecule has 1 amide bonds. The number of alkyl halides is 3. The van der Waals surface area contributed by atoms with Gasteiger partial charge < -0.3 is 20.5 Å². The van der Waals surface area contributed by atoms with Crippen LogP contribution in [0.3, 0.4) is 0 Å². The van der Waals surface area contributed by atoms with Crippen molar-refractivity contribution in [3.05, 3.63) is 22.2 Å². The number of H-pyrrole nitrogens is 1. The summed E-state index contributed by atoms with van der Waals surface area (Å²) in [4.78, 5) is 34.0. The normalized spacial score (nSPS) is 17.3. The second kappa shape index (κ2) is 8.76. The highest BCUT2D eigenvalue weighted by Crippen LogP contribution is 2.33. The van der Waals surface area contributed by atoms with Gasteiger partial charge >= 0.3 is 6.18 Å². The predicted molar refractivity (Wildman–Crippen MR) is 109 cm³/mol. The molecule has 0 radical (unpaired) electrons. The topological polar surface area (TPSA) is 90.1 Å². The van der Waals surface area contributed by atoms with Crippen molar-refractivity contribution in [3.8, 4) is 11.4 Å². The number of aryl methyl sites for hydroxylation is 1. The Balaban J connectivity index is 1.86. The van der Waals surface area contributed by atoms with Gasteiger partial charge in [0.05, 0.1) is 5.69 Å². The lowest BCUT2D eigenvalue weighted by Gasteiger charge is -2.35. The van der Waals surface area contributed by atoms with Crippen molar-refractivity contribution in [1.82, 2.24) is 20.6 Å². The van der Waals surface area contributed by atoms with Gasteiger partial charge in [0, 0.05) is 36.3 Å². The molecule has 1 fully saturated rings. The van der Waals surface area contributed by atoms with Crippen LogP contribution in [0.5, 0.6) is 0 Å². The fraction of sp³-hybridized carbons (Fsp3) is 0.526. The molecule has 1 aliphatic rings. The van der Waals surface area contributed by atoms with E-state index < -0.39 is 24.7 Å². The number of rotatable bonds is 6. The van der Waals surface area contributed by atoms with Crippen LogP contribution in [-0.4, -0.2) is 60.1 Å². The van der Waals surface area contributed by atoms with E-state index in [4.69, 9.17) is 0 Å². The van der Waals surface area contributed by atoms with Crippen LogP contribution < -0.4 is 15.5 Å². The summed E-state index contributed by atoms with van der Waals surface area (Å²) < 4.78 is 37.4. The molecule has 2 aromatic rings. The van der Waals surface area contributed by atoms with Gasteiger partial charge in [-0.3, -0.25) is 9.59 Å². The molecule has 1 atom stereocenters. The molecular weight excluding hydrogens is 419 g/mol. The molecule has 30 heavy (non-hydrogen) atoms. The molecule has 2 aromatic heterocycles. The summed E-state index contributed by atoms with van der Waals surface area (Å²) in [5, 5.41) is 7.38. The summed E-state index contributed by atoms with van der Waals surface area (Å²) >= 11 is 1.32. The number of piperazine rings is 1. The molecular formula is C19H24F3N5O2S. The second-order valence-electron chi connectivity index (χ2n) is 7.15. The molecule has 0 aromatic carbocycles. The van der Waals surface area contributed by atoms with Crippen LogP contribution in [0, 0.1) is 6.92 Å². The zero-order valence-electron chi connectivity index (χ0n) is 16.9. The van der Waals surface area contributed by atoms with Crippen LogP contribution >= 0.6 is 11.3 Å². The summed E-state index contributed by atoms with van der Waals surface area (Å²) in [6.45, 7) is 5.22. The summed E-state index contributed by atoms with van der Waals surface area (Å²) in [7, 11) is 0. The monoisotopic (exact) mass is 443 g/mol. The number of halogens is 3. The Bertz CT molecular complexity index is 937. The Morgan fingerprint density at radius 1 is 1.40 bits per heavy atom. The molecule has 0 saturated carbocycles. The third kappa shape index (κ3) is 4.67. The molecule has 164 valence electrons. The number of ketones is 1. The van der Waals surface area contributed by atoms with Crippen molar-refractivity contribution in [1.29, 1.82) is 0 Å². The summed E-state index contributed by atoms with van der Waals surface area (Å²) in [6.07, 6.45) is -3.81. The molecule has 0 bridgehead atoms. The van der Waals surface area contributed by atoms with E-state index in [1.807, 2.05) is 24.5 Å². The zero-order valence-corrected chi connectivity index (χ0v) is 17.8. The molecule has 0 spiro atoms. The summed E-state index contributed by atoms with van der Waals surface area (Å²) in [5.41, 5.74) is 3.73. The number of aromatic amines is 1. The smallest absolute Gasteiger partial charge is 0.356 e. The minimum atomic E-state index is -4.46. The van der Waals surface area contributed by atoms with E-state index in [1.165, 1.54) is 18.3 Å². The highest BCUT2D eigenvalue weighted by molar-refractivity contribution is 7.14. The number of hydrogen-bond acceptors (Lipinski definition) is 6. The number of anilines is 1. The van der Waals surface area contributed by atoms with E-state index in [-0.39, 0.29) is 12.3 Å². The average Bonchev–Trinajstić information content (AvgIpc) is 3.29. The van der Waals surface area contributed by atoms with Gasteiger partial charge in [-0.2, -0.15) is 13.2 Å². The molecule has 7 nitrogen and oxygen atoms in total. The molecule has 3 heterocycles. The third-order valence-electron chi connectivity index (χ3n) is 5.00. The van der Waals surface area contributed by atoms with Crippen molar-refractivity contribution >= 4 is 28.2 Å². The maximum atomic E-state index is 12.5. The highest BCUT2D eigenvalue weighted by Gasteiger charge is 2.34. The lowest BCUT2D eigenvalue weighted by atomic mass is 10.0. The first-order chi connectivity index (χ1) is 14.1. The first kappa shape index (κ1) is 22.3. The highest BCUT2D eigenvalue weighted by atomic mass is 32.1. The number of nitrogens with zero attached hydrogens (tertiary/aromatic N) is 2. The Labute approximate surface area is 176 Å². The van der Waals surface area contributed by atoms with Gasteiger partial charge in [0.1, 0.15) is 18.3 Å². The summed E-state index contributed by atoms with van der Waals surface area (Å²) in [5.74, 6) is -0.717. The van der Waals surface area contributed by atoms with Gasteiger partial charge in [-0.1, -0.05) is 6.92 Å². The molecule has 1 unspecified atom stereocenters. The largest absolute Gasteiger partial charge is 0.405 e. The van der Waals surface area contributed by atoms with Gasteiger partial charge in [-0.15, -0.1) is 11.3 Å². The fourth-order valence-electron chi connectivity index (χ4n) is 3.71. The van der Waals surface area contributed by atoms with E-state index in [1.54, 1.807) is 4.90 Å². The number of nitrogens with one attached hydrogen (secondary N) is 3. The molecule has 11 heteroatoms. The van der Waals surface area contributed by atoms with Crippen molar-refractivity contribution in [3.63, 3.8) is 0 Å². The van der Waals surface area contributed by atoms with E-state index in [9.17, 15) is 22.8 Å². The first-order valence-corrected chi connectivity index (χ1v) is 10.5. The van der Waals surface area contributed by atoms with Crippen LogP contribution in [0.15, 0.2) is 5.38 Å². The van der Waals surface area contributed by atoms with Gasteiger partial charge in [0.2, 0.25) is 5.91 Å². The minimum Gasteiger partial charge on any atom is -0.356 e. The zero-order chi connectivity index (χ0) is 22.1. The molecule has 3 N–H and O–H groups in total. The standard InChI is InChI=1S/C19H24F3N5O2S/c1-4-12-15(11(3)28)10(2)25-16(12)13-8-30-18(26-13)27-6-5-23-7-14(27)17(29)24-9-19(20,21)22/h8,14,23,25H,4-7,9H2,1-3H3,(H,24,29).